The molecule has 1 heterocycles. The van der Waals surface area contributed by atoms with E-state index in [-0.39, 0.29) is 24.9 Å². The molecule has 0 saturated carbocycles. The van der Waals surface area contributed by atoms with Crippen molar-refractivity contribution in [3.05, 3.63) is 59.2 Å². The minimum Gasteiger partial charge on any atom is -0.493 e. The molecule has 6 nitrogen and oxygen atoms in total. The normalized spacial score (nSPS) is 13.6. The van der Waals surface area contributed by atoms with Crippen molar-refractivity contribution in [2.24, 2.45) is 5.92 Å². The van der Waals surface area contributed by atoms with E-state index in [9.17, 15) is 18.4 Å². The maximum absolute atomic E-state index is 13.8. The molecule has 0 saturated heterocycles. The van der Waals surface area contributed by atoms with E-state index in [2.05, 4.69) is 5.32 Å². The van der Waals surface area contributed by atoms with Gasteiger partial charge in [-0.1, -0.05) is 13.0 Å². The van der Waals surface area contributed by atoms with E-state index in [0.717, 1.165) is 17.3 Å². The highest BCUT2D eigenvalue weighted by molar-refractivity contribution is 5.94. The highest BCUT2D eigenvalue weighted by atomic mass is 19.1. The highest BCUT2D eigenvalue weighted by Gasteiger charge is 2.25. The number of aliphatic carboxylic acids is 1. The fourth-order valence-electron chi connectivity index (χ4n) is 3.41. The van der Waals surface area contributed by atoms with E-state index in [0.29, 0.717) is 37.3 Å². The van der Waals surface area contributed by atoms with Gasteiger partial charge in [-0.3, -0.25) is 9.69 Å². The number of nitrogens with one attached hydrogen (secondary N) is 1. The van der Waals surface area contributed by atoms with Gasteiger partial charge in [0.05, 0.1) is 13.0 Å². The minimum atomic E-state index is -0.963. The number of benzene rings is 2. The first kappa shape index (κ1) is 21.5. The highest BCUT2D eigenvalue weighted by Crippen LogP contribution is 2.31. The number of fused-ring (bicyclic) bond motifs is 1. The number of amides is 2. The molecule has 2 aromatic rings. The fourth-order valence-corrected chi connectivity index (χ4v) is 3.41. The first-order valence-corrected chi connectivity index (χ1v) is 9.80. The fraction of sp³-hybridized carbons (Fsp3) is 0.364. The maximum Gasteiger partial charge on any atom is 0.321 e. The summed E-state index contributed by atoms with van der Waals surface area (Å²) < 4.78 is 32.6. The molecule has 0 fully saturated rings. The van der Waals surface area contributed by atoms with Gasteiger partial charge in [0.25, 0.3) is 0 Å². The minimum absolute atomic E-state index is 0.0229. The van der Waals surface area contributed by atoms with Crippen molar-refractivity contribution < 1.29 is 28.2 Å². The van der Waals surface area contributed by atoms with Crippen molar-refractivity contribution in [3.8, 4) is 5.75 Å². The molecule has 0 bridgehead atoms. The summed E-state index contributed by atoms with van der Waals surface area (Å²) in [7, 11) is 0. The summed E-state index contributed by atoms with van der Waals surface area (Å²) in [6.45, 7) is 2.89. The third kappa shape index (κ3) is 5.46. The number of carboxylic acids is 1. The van der Waals surface area contributed by atoms with E-state index < -0.39 is 17.6 Å². The lowest BCUT2D eigenvalue weighted by Crippen LogP contribution is -2.39. The molecule has 8 heteroatoms. The summed E-state index contributed by atoms with van der Waals surface area (Å²) in [5.74, 6) is -1.43. The number of carbonyl (C=O) groups is 2. The predicted octanol–water partition coefficient (Wildman–Crippen LogP) is 3.77. The quantitative estimate of drug-likeness (QED) is 0.684. The lowest BCUT2D eigenvalue weighted by Gasteiger charge is -2.18. The van der Waals surface area contributed by atoms with Crippen LogP contribution in [0, 0.1) is 17.6 Å². The van der Waals surface area contributed by atoms with E-state index in [1.807, 2.05) is 13.0 Å². The van der Waals surface area contributed by atoms with Gasteiger partial charge < -0.3 is 15.2 Å². The molecule has 0 radical (unpaired) electrons. The summed E-state index contributed by atoms with van der Waals surface area (Å²) in [5, 5.41) is 11.3. The average Bonchev–Trinajstić information content (AvgIpc) is 3.11. The number of carbonyl (C=O) groups excluding carboxylic acids is 1. The predicted molar refractivity (Wildman–Crippen MR) is 108 cm³/mol. The summed E-state index contributed by atoms with van der Waals surface area (Å²) in [6, 6.07) is 8.71. The van der Waals surface area contributed by atoms with Gasteiger partial charge in [0, 0.05) is 24.8 Å². The molecule has 160 valence electrons. The Balaban J connectivity index is 1.54. The number of hydrogen-bond donors (Lipinski definition) is 2. The standard InChI is InChI=1S/C22H24F2N2O4/c1-14(10-15-2-3-17(23)12-19(15)24)13-30-18-4-5-20-16(11-18)7-9-26(20)22(29)25-8-6-21(27)28/h2-5,11-12,14H,6-10,13H2,1H3,(H,25,29)(H,27,28). The molecule has 1 atom stereocenters. The molecule has 2 aromatic carbocycles. The van der Waals surface area contributed by atoms with Gasteiger partial charge in [0.2, 0.25) is 0 Å². The Kier molecular flexibility index (Phi) is 6.87. The van der Waals surface area contributed by atoms with Crippen LogP contribution in [0.2, 0.25) is 0 Å². The number of urea groups is 1. The third-order valence-electron chi connectivity index (χ3n) is 4.92. The number of ether oxygens (including phenoxy) is 1. The number of halogens is 2. The number of carboxylic acid groups (broad SMARTS) is 1. The second-order valence-electron chi connectivity index (χ2n) is 7.42. The molecule has 1 aliphatic rings. The monoisotopic (exact) mass is 418 g/mol. The molecule has 2 amide bonds. The number of anilines is 1. The van der Waals surface area contributed by atoms with Crippen molar-refractivity contribution in [1.82, 2.24) is 5.32 Å². The lowest BCUT2D eigenvalue weighted by atomic mass is 10.0. The molecule has 3 rings (SSSR count). The molecule has 0 aliphatic carbocycles. The van der Waals surface area contributed by atoms with Crippen LogP contribution in [0.5, 0.6) is 5.75 Å². The van der Waals surface area contributed by atoms with Crippen molar-refractivity contribution in [1.29, 1.82) is 0 Å². The molecule has 2 N–H and O–H groups in total. The van der Waals surface area contributed by atoms with E-state index in [4.69, 9.17) is 9.84 Å². The largest absolute Gasteiger partial charge is 0.493 e. The van der Waals surface area contributed by atoms with Crippen LogP contribution in [0.15, 0.2) is 36.4 Å². The zero-order chi connectivity index (χ0) is 21.7. The van der Waals surface area contributed by atoms with E-state index in [1.54, 1.807) is 17.0 Å². The number of rotatable bonds is 8. The van der Waals surface area contributed by atoms with Gasteiger partial charge >= 0.3 is 12.0 Å². The van der Waals surface area contributed by atoms with Crippen LogP contribution in [0.1, 0.15) is 24.5 Å². The van der Waals surface area contributed by atoms with Gasteiger partial charge in [-0.15, -0.1) is 0 Å². The SMILES string of the molecule is CC(COc1ccc2c(c1)CCN2C(=O)NCCC(=O)O)Cc1ccc(F)cc1F. The molecule has 1 aliphatic heterocycles. The molecule has 1 unspecified atom stereocenters. The van der Waals surface area contributed by atoms with Crippen molar-refractivity contribution >= 4 is 17.7 Å². The summed E-state index contributed by atoms with van der Waals surface area (Å²) in [4.78, 5) is 24.4. The van der Waals surface area contributed by atoms with Gasteiger partial charge in [-0.05, 0) is 54.2 Å². The van der Waals surface area contributed by atoms with Crippen LogP contribution in [0.25, 0.3) is 0 Å². The van der Waals surface area contributed by atoms with Gasteiger partial charge in [-0.2, -0.15) is 0 Å². The molecular formula is C22H24F2N2O4. The third-order valence-corrected chi connectivity index (χ3v) is 4.92. The second kappa shape index (κ2) is 9.56. The lowest BCUT2D eigenvalue weighted by molar-refractivity contribution is -0.136. The van der Waals surface area contributed by atoms with Crippen LogP contribution >= 0.6 is 0 Å². The Morgan fingerprint density at radius 2 is 2.03 bits per heavy atom. The summed E-state index contributed by atoms with van der Waals surface area (Å²) in [5.41, 5.74) is 2.20. The van der Waals surface area contributed by atoms with Crippen molar-refractivity contribution in [3.63, 3.8) is 0 Å². The summed E-state index contributed by atoms with van der Waals surface area (Å²) >= 11 is 0. The van der Waals surface area contributed by atoms with Crippen LogP contribution in [0.3, 0.4) is 0 Å². The van der Waals surface area contributed by atoms with Crippen LogP contribution in [-0.2, 0) is 17.6 Å². The molecule has 0 aromatic heterocycles. The van der Waals surface area contributed by atoms with Crippen molar-refractivity contribution in [2.45, 2.75) is 26.2 Å². The maximum atomic E-state index is 13.8. The number of nitrogens with zero attached hydrogens (tertiary/aromatic N) is 1. The molecule has 30 heavy (non-hydrogen) atoms. The van der Waals surface area contributed by atoms with Crippen LogP contribution in [0.4, 0.5) is 19.3 Å². The molecular weight excluding hydrogens is 394 g/mol. The van der Waals surface area contributed by atoms with Crippen molar-refractivity contribution in [2.75, 3.05) is 24.6 Å². The Hall–Kier alpha value is -3.16. The number of hydrogen-bond acceptors (Lipinski definition) is 3. The van der Waals surface area contributed by atoms with Crippen LogP contribution in [-0.4, -0.2) is 36.8 Å². The first-order valence-electron chi connectivity index (χ1n) is 9.80. The Morgan fingerprint density at radius 3 is 2.77 bits per heavy atom. The van der Waals surface area contributed by atoms with Crippen LogP contribution < -0.4 is 15.0 Å². The Morgan fingerprint density at radius 1 is 1.23 bits per heavy atom. The average molecular weight is 418 g/mol. The smallest absolute Gasteiger partial charge is 0.321 e. The Bertz CT molecular complexity index is 935. The zero-order valence-corrected chi connectivity index (χ0v) is 16.7. The molecule has 0 spiro atoms. The summed E-state index contributed by atoms with van der Waals surface area (Å²) in [6.07, 6.45) is 0.982. The van der Waals surface area contributed by atoms with Gasteiger partial charge in [-0.25, -0.2) is 13.6 Å². The second-order valence-corrected chi connectivity index (χ2v) is 7.42. The topological polar surface area (TPSA) is 78.9 Å². The first-order chi connectivity index (χ1) is 14.3. The zero-order valence-electron chi connectivity index (χ0n) is 16.7. The Labute approximate surface area is 173 Å². The van der Waals surface area contributed by atoms with Gasteiger partial charge in [0.1, 0.15) is 17.4 Å². The van der Waals surface area contributed by atoms with E-state index >= 15 is 0 Å². The van der Waals surface area contributed by atoms with E-state index in [1.165, 1.54) is 12.1 Å². The van der Waals surface area contributed by atoms with Gasteiger partial charge in [0.15, 0.2) is 0 Å².